The first kappa shape index (κ1) is 16.7. The molecule has 0 fully saturated rings. The Bertz CT molecular complexity index is 1290. The quantitative estimate of drug-likeness (QED) is 0.467. The number of para-hydroxylation sites is 4. The Morgan fingerprint density at radius 3 is 1.53 bits per heavy atom. The van der Waals surface area contributed by atoms with E-state index in [4.69, 9.17) is 0 Å². The van der Waals surface area contributed by atoms with E-state index < -0.39 is 0 Å². The van der Waals surface area contributed by atoms with Crippen LogP contribution in [0.15, 0.2) is 73.1 Å². The Balaban J connectivity index is 1.17. The van der Waals surface area contributed by atoms with Gasteiger partial charge in [-0.05, 0) is 49.2 Å². The highest BCUT2D eigenvalue weighted by Gasteiger charge is 2.09. The van der Waals surface area contributed by atoms with Crippen LogP contribution in [0.5, 0.6) is 0 Å². The molecule has 0 amide bonds. The lowest BCUT2D eigenvalue weighted by Crippen LogP contribution is -2.01. The highest BCUT2D eigenvalue weighted by atomic mass is 15.4. The van der Waals surface area contributed by atoms with E-state index in [-0.39, 0.29) is 0 Å². The predicted molar refractivity (Wildman–Crippen MR) is 114 cm³/mol. The number of aromatic nitrogens is 8. The minimum absolute atomic E-state index is 0.719. The molecule has 4 aromatic heterocycles. The van der Waals surface area contributed by atoms with Crippen LogP contribution in [0.25, 0.3) is 34.0 Å². The summed E-state index contributed by atoms with van der Waals surface area (Å²) in [6, 6.07) is 20.0. The van der Waals surface area contributed by atoms with E-state index in [1.54, 1.807) is 9.36 Å². The number of hydrogen-bond acceptors (Lipinski definition) is 4. The van der Waals surface area contributed by atoms with Crippen molar-refractivity contribution in [1.82, 2.24) is 39.5 Å². The minimum Gasteiger partial charge on any atom is -0.322 e. The van der Waals surface area contributed by atoms with Crippen molar-refractivity contribution in [1.29, 1.82) is 0 Å². The van der Waals surface area contributed by atoms with E-state index in [2.05, 4.69) is 30.1 Å². The van der Waals surface area contributed by atoms with Crippen molar-refractivity contribution >= 4 is 22.1 Å². The van der Waals surface area contributed by atoms with Crippen molar-refractivity contribution in [3.05, 3.63) is 84.4 Å². The molecule has 30 heavy (non-hydrogen) atoms. The van der Waals surface area contributed by atoms with Crippen molar-refractivity contribution in [2.75, 3.05) is 0 Å². The lowest BCUT2D eigenvalue weighted by Gasteiger charge is -1.97. The second kappa shape index (κ2) is 6.70. The van der Waals surface area contributed by atoms with Crippen LogP contribution in [-0.2, 0) is 12.8 Å². The number of benzene rings is 2. The first-order chi connectivity index (χ1) is 14.8. The maximum atomic E-state index is 4.65. The van der Waals surface area contributed by atoms with Gasteiger partial charge in [0.05, 0.1) is 33.5 Å². The van der Waals surface area contributed by atoms with Crippen LogP contribution in [0, 0.1) is 0 Å². The van der Waals surface area contributed by atoms with Gasteiger partial charge in [-0.1, -0.05) is 24.3 Å². The highest BCUT2D eigenvalue weighted by Crippen LogP contribution is 2.15. The van der Waals surface area contributed by atoms with Gasteiger partial charge in [0.15, 0.2) is 0 Å². The third-order valence-electron chi connectivity index (χ3n) is 5.11. The summed E-state index contributed by atoms with van der Waals surface area (Å²) in [5.41, 5.74) is 5.85. The Labute approximate surface area is 171 Å². The summed E-state index contributed by atoms with van der Waals surface area (Å²) in [5, 5.41) is 9.31. The largest absolute Gasteiger partial charge is 0.322 e. The Hall–Kier alpha value is -4.20. The molecule has 0 atom stereocenters. The number of fused-ring (bicyclic) bond motifs is 2. The Morgan fingerprint density at radius 1 is 0.600 bits per heavy atom. The van der Waals surface area contributed by atoms with Gasteiger partial charge >= 0.3 is 0 Å². The van der Waals surface area contributed by atoms with Crippen molar-refractivity contribution < 1.29 is 0 Å². The van der Waals surface area contributed by atoms with Gasteiger partial charge in [-0.3, -0.25) is 0 Å². The Morgan fingerprint density at radius 2 is 1.07 bits per heavy atom. The van der Waals surface area contributed by atoms with E-state index in [1.165, 1.54) is 0 Å². The molecule has 2 N–H and O–H groups in total. The molecule has 0 aliphatic carbocycles. The molecule has 8 nitrogen and oxygen atoms in total. The zero-order valence-electron chi connectivity index (χ0n) is 16.0. The molecule has 0 aliphatic heterocycles. The van der Waals surface area contributed by atoms with Crippen LogP contribution < -0.4 is 0 Å². The van der Waals surface area contributed by atoms with Crippen molar-refractivity contribution in [2.45, 2.75) is 12.8 Å². The third kappa shape index (κ3) is 2.95. The van der Waals surface area contributed by atoms with Crippen LogP contribution >= 0.6 is 0 Å². The lowest BCUT2D eigenvalue weighted by molar-refractivity contribution is 0.760. The van der Waals surface area contributed by atoms with Crippen LogP contribution in [0.2, 0.25) is 0 Å². The molecule has 0 saturated heterocycles. The molecular weight excluding hydrogens is 376 g/mol. The summed E-state index contributed by atoms with van der Waals surface area (Å²) in [6.07, 6.45) is 5.45. The summed E-state index contributed by atoms with van der Waals surface area (Å²) < 4.78 is 3.56. The minimum atomic E-state index is 0.719. The smallest absolute Gasteiger partial charge is 0.229 e. The average molecular weight is 394 g/mol. The number of hydrogen-bond donors (Lipinski definition) is 2. The number of nitrogens with one attached hydrogen (secondary N) is 2. The SMILES string of the molecule is c1ccc2[nH]c(-n3ccc(CCc4ccn(-c5nc6ccccc6[nH]5)n4)n3)nc2c1. The first-order valence-electron chi connectivity index (χ1n) is 9.81. The fourth-order valence-electron chi connectivity index (χ4n) is 3.58. The van der Waals surface area contributed by atoms with Gasteiger partial charge in [-0.15, -0.1) is 0 Å². The fourth-order valence-corrected chi connectivity index (χ4v) is 3.58. The van der Waals surface area contributed by atoms with Crippen molar-refractivity contribution in [3.8, 4) is 11.9 Å². The van der Waals surface area contributed by atoms with Crippen LogP contribution in [0.1, 0.15) is 11.4 Å². The first-order valence-corrected chi connectivity index (χ1v) is 9.81. The maximum absolute atomic E-state index is 4.65. The predicted octanol–water partition coefficient (Wildman–Crippen LogP) is 3.60. The molecule has 146 valence electrons. The molecule has 4 heterocycles. The van der Waals surface area contributed by atoms with Crippen LogP contribution in [0.3, 0.4) is 0 Å². The molecule has 6 aromatic rings. The number of imidazole rings is 2. The highest BCUT2D eigenvalue weighted by molar-refractivity contribution is 5.76. The van der Waals surface area contributed by atoms with Gasteiger partial charge < -0.3 is 9.97 Å². The molecule has 0 saturated carbocycles. The molecule has 0 spiro atoms. The zero-order valence-corrected chi connectivity index (χ0v) is 16.0. The fraction of sp³-hybridized carbons (Fsp3) is 0.0909. The summed E-state index contributed by atoms with van der Waals surface area (Å²) in [5.74, 6) is 1.44. The van der Waals surface area contributed by atoms with Crippen LogP contribution in [0.4, 0.5) is 0 Å². The summed E-state index contributed by atoms with van der Waals surface area (Å²) in [6.45, 7) is 0. The Kier molecular flexibility index (Phi) is 3.73. The molecule has 2 aromatic carbocycles. The van der Waals surface area contributed by atoms with Crippen molar-refractivity contribution in [2.24, 2.45) is 0 Å². The van der Waals surface area contributed by atoms with E-state index in [9.17, 15) is 0 Å². The molecule has 0 radical (unpaired) electrons. The average Bonchev–Trinajstić information content (AvgIpc) is 3.56. The number of H-pyrrole nitrogens is 2. The van der Waals surface area contributed by atoms with Gasteiger partial charge in [-0.25, -0.2) is 19.3 Å². The molecule has 0 bridgehead atoms. The summed E-state index contributed by atoms with van der Waals surface area (Å²) in [4.78, 5) is 15.8. The van der Waals surface area contributed by atoms with Gasteiger partial charge in [0.1, 0.15) is 0 Å². The molecule has 0 aliphatic rings. The summed E-state index contributed by atoms with van der Waals surface area (Å²) >= 11 is 0. The van der Waals surface area contributed by atoms with Crippen molar-refractivity contribution in [3.63, 3.8) is 0 Å². The topological polar surface area (TPSA) is 93.0 Å². The number of aryl methyl sites for hydroxylation is 2. The standard InChI is InChI=1S/C22H18N8/c1-2-6-18-17(5-1)23-21(24-18)29-13-11-15(27-29)9-10-16-12-14-30(28-16)22-25-19-7-3-4-8-20(19)26-22/h1-8,11-14H,9-10H2,(H,23,24)(H,25,26). The lowest BCUT2D eigenvalue weighted by atomic mass is 10.2. The summed E-state index contributed by atoms with van der Waals surface area (Å²) in [7, 11) is 0. The second-order valence-corrected chi connectivity index (χ2v) is 7.16. The maximum Gasteiger partial charge on any atom is 0.229 e. The second-order valence-electron chi connectivity index (χ2n) is 7.16. The molecule has 8 heteroatoms. The van der Waals surface area contributed by atoms with E-state index >= 15 is 0 Å². The molecule has 0 unspecified atom stereocenters. The van der Waals surface area contributed by atoms with Gasteiger partial charge in [-0.2, -0.15) is 10.2 Å². The van der Waals surface area contributed by atoms with Gasteiger partial charge in [0, 0.05) is 12.4 Å². The molecular formula is C22H18N8. The van der Waals surface area contributed by atoms with E-state index in [1.807, 2.05) is 73.1 Å². The third-order valence-corrected chi connectivity index (χ3v) is 5.11. The molecule has 6 rings (SSSR count). The van der Waals surface area contributed by atoms with Crippen LogP contribution in [-0.4, -0.2) is 39.5 Å². The van der Waals surface area contributed by atoms with Gasteiger partial charge in [0.2, 0.25) is 11.9 Å². The normalized spacial score (nSPS) is 11.6. The monoisotopic (exact) mass is 394 g/mol. The number of nitrogens with zero attached hydrogens (tertiary/aromatic N) is 6. The van der Waals surface area contributed by atoms with E-state index in [0.717, 1.165) is 58.2 Å². The zero-order chi connectivity index (χ0) is 19.9. The van der Waals surface area contributed by atoms with E-state index in [0.29, 0.717) is 0 Å². The van der Waals surface area contributed by atoms with Gasteiger partial charge in [0.25, 0.3) is 0 Å². The number of rotatable bonds is 5. The number of aromatic amines is 2.